The van der Waals surface area contributed by atoms with Crippen LogP contribution in [0.1, 0.15) is 6.92 Å². The van der Waals surface area contributed by atoms with Crippen molar-refractivity contribution in [3.63, 3.8) is 0 Å². The molecular formula is C4H10N2O. The second kappa shape index (κ2) is 3.61. The lowest BCUT2D eigenvalue weighted by Gasteiger charge is -2.05. The lowest BCUT2D eigenvalue weighted by atomic mass is 10.7. The molecule has 0 aromatic heterocycles. The normalized spacial score (nSPS) is 12.9. The fourth-order valence-corrected chi connectivity index (χ4v) is 0.181. The van der Waals surface area contributed by atoms with Crippen molar-refractivity contribution in [1.29, 1.82) is 0 Å². The standard InChI is InChI=1S/C4H10N2O/c1-4(7-3)6-5-2/h4,6H,2H2,1,3H3. The minimum absolute atomic E-state index is 0.0301. The highest BCUT2D eigenvalue weighted by molar-refractivity contribution is 5.22. The first-order valence-corrected chi connectivity index (χ1v) is 2.05. The van der Waals surface area contributed by atoms with Gasteiger partial charge >= 0.3 is 0 Å². The topological polar surface area (TPSA) is 33.6 Å². The molecule has 1 unspecified atom stereocenters. The zero-order valence-electron chi connectivity index (χ0n) is 4.64. The summed E-state index contributed by atoms with van der Waals surface area (Å²) in [7, 11) is 1.60. The van der Waals surface area contributed by atoms with E-state index in [-0.39, 0.29) is 6.23 Å². The van der Waals surface area contributed by atoms with Crippen molar-refractivity contribution in [2.24, 2.45) is 5.10 Å². The molecule has 0 bridgehead atoms. The smallest absolute Gasteiger partial charge is 0.139 e. The zero-order chi connectivity index (χ0) is 5.70. The van der Waals surface area contributed by atoms with Crippen LogP contribution in [0.2, 0.25) is 0 Å². The van der Waals surface area contributed by atoms with Crippen LogP contribution in [0.3, 0.4) is 0 Å². The number of hydrogen-bond donors (Lipinski definition) is 1. The number of rotatable bonds is 3. The maximum absolute atomic E-state index is 4.75. The number of hydrazone groups is 1. The number of hydrogen-bond acceptors (Lipinski definition) is 3. The van der Waals surface area contributed by atoms with Gasteiger partial charge in [0.25, 0.3) is 0 Å². The average molecular weight is 102 g/mol. The number of nitrogens with one attached hydrogen (secondary N) is 1. The molecule has 0 aromatic rings. The van der Waals surface area contributed by atoms with E-state index in [1.165, 1.54) is 0 Å². The van der Waals surface area contributed by atoms with Crippen LogP contribution in [-0.2, 0) is 4.74 Å². The third-order valence-corrected chi connectivity index (χ3v) is 0.627. The summed E-state index contributed by atoms with van der Waals surface area (Å²) >= 11 is 0. The summed E-state index contributed by atoms with van der Waals surface area (Å²) in [5.41, 5.74) is 2.59. The van der Waals surface area contributed by atoms with E-state index >= 15 is 0 Å². The Labute approximate surface area is 43.4 Å². The summed E-state index contributed by atoms with van der Waals surface area (Å²) in [6, 6.07) is 0. The molecule has 0 rings (SSSR count). The third kappa shape index (κ3) is 3.26. The summed E-state index contributed by atoms with van der Waals surface area (Å²) in [6.45, 7) is 5.05. The number of nitrogens with zero attached hydrogens (tertiary/aromatic N) is 1. The van der Waals surface area contributed by atoms with Crippen molar-refractivity contribution < 1.29 is 4.74 Å². The molecule has 0 aliphatic heterocycles. The Morgan fingerprint density at radius 1 is 1.86 bits per heavy atom. The van der Waals surface area contributed by atoms with Crippen molar-refractivity contribution in [1.82, 2.24) is 5.43 Å². The molecule has 0 aromatic carbocycles. The Kier molecular flexibility index (Phi) is 3.32. The van der Waals surface area contributed by atoms with Gasteiger partial charge in [-0.1, -0.05) is 0 Å². The van der Waals surface area contributed by atoms with Gasteiger partial charge in [-0.25, -0.2) is 0 Å². The molecule has 42 valence electrons. The highest BCUT2D eigenvalue weighted by Crippen LogP contribution is 1.76. The van der Waals surface area contributed by atoms with Crippen LogP contribution in [0.25, 0.3) is 0 Å². The Balaban J connectivity index is 2.98. The van der Waals surface area contributed by atoms with E-state index < -0.39 is 0 Å². The maximum Gasteiger partial charge on any atom is 0.139 e. The Morgan fingerprint density at radius 3 is 2.57 bits per heavy atom. The fraction of sp³-hybridized carbons (Fsp3) is 0.750. The van der Waals surface area contributed by atoms with E-state index in [9.17, 15) is 0 Å². The molecule has 0 saturated carbocycles. The zero-order valence-corrected chi connectivity index (χ0v) is 4.64. The molecule has 0 spiro atoms. The van der Waals surface area contributed by atoms with Crippen molar-refractivity contribution >= 4 is 6.72 Å². The Morgan fingerprint density at radius 2 is 2.43 bits per heavy atom. The Hall–Kier alpha value is -0.570. The Bertz CT molecular complexity index is 55.7. The van der Waals surface area contributed by atoms with E-state index in [4.69, 9.17) is 4.74 Å². The van der Waals surface area contributed by atoms with E-state index in [1.807, 2.05) is 6.92 Å². The number of methoxy groups -OCH3 is 1. The van der Waals surface area contributed by atoms with Gasteiger partial charge in [0.2, 0.25) is 0 Å². The van der Waals surface area contributed by atoms with Gasteiger partial charge in [-0.15, -0.1) is 0 Å². The predicted octanol–water partition coefficient (Wildman–Crippen LogP) is 0.184. The first kappa shape index (κ1) is 6.43. The van der Waals surface area contributed by atoms with Gasteiger partial charge in [0, 0.05) is 13.8 Å². The van der Waals surface area contributed by atoms with Crippen molar-refractivity contribution in [3.05, 3.63) is 0 Å². The summed E-state index contributed by atoms with van der Waals surface area (Å²) in [5.74, 6) is 0. The van der Waals surface area contributed by atoms with Gasteiger partial charge < -0.3 is 4.74 Å². The lowest BCUT2D eigenvalue weighted by molar-refractivity contribution is 0.0910. The molecule has 1 N–H and O–H groups in total. The molecule has 7 heavy (non-hydrogen) atoms. The maximum atomic E-state index is 4.75. The molecular weight excluding hydrogens is 92.1 g/mol. The first-order chi connectivity index (χ1) is 3.31. The van der Waals surface area contributed by atoms with Gasteiger partial charge in [-0.2, -0.15) is 5.10 Å². The van der Waals surface area contributed by atoms with Gasteiger partial charge in [-0.3, -0.25) is 5.43 Å². The monoisotopic (exact) mass is 102 g/mol. The first-order valence-electron chi connectivity index (χ1n) is 2.05. The molecule has 1 atom stereocenters. The van der Waals surface area contributed by atoms with E-state index in [0.29, 0.717) is 0 Å². The van der Waals surface area contributed by atoms with E-state index in [0.717, 1.165) is 0 Å². The summed E-state index contributed by atoms with van der Waals surface area (Å²) < 4.78 is 4.75. The lowest BCUT2D eigenvalue weighted by Crippen LogP contribution is -2.21. The van der Waals surface area contributed by atoms with Gasteiger partial charge in [0.15, 0.2) is 0 Å². The molecule has 0 heterocycles. The van der Waals surface area contributed by atoms with Crippen LogP contribution in [0.4, 0.5) is 0 Å². The molecule has 0 aliphatic carbocycles. The summed E-state index contributed by atoms with van der Waals surface area (Å²) in [6.07, 6.45) is -0.0301. The van der Waals surface area contributed by atoms with Gasteiger partial charge in [-0.05, 0) is 6.92 Å². The highest BCUT2D eigenvalue weighted by atomic mass is 16.5. The van der Waals surface area contributed by atoms with E-state index in [2.05, 4.69) is 17.2 Å². The highest BCUT2D eigenvalue weighted by Gasteiger charge is 1.88. The molecule has 0 amide bonds. The van der Waals surface area contributed by atoms with Crippen molar-refractivity contribution in [2.75, 3.05) is 7.11 Å². The quantitative estimate of drug-likeness (QED) is 0.313. The van der Waals surface area contributed by atoms with Crippen LogP contribution in [0.5, 0.6) is 0 Å². The summed E-state index contributed by atoms with van der Waals surface area (Å²) in [4.78, 5) is 0. The average Bonchev–Trinajstić information content (AvgIpc) is 1.68. The van der Waals surface area contributed by atoms with Crippen molar-refractivity contribution in [2.45, 2.75) is 13.2 Å². The van der Waals surface area contributed by atoms with Crippen LogP contribution in [0, 0.1) is 0 Å². The number of ether oxygens (including phenoxy) is 1. The molecule has 0 radical (unpaired) electrons. The molecule has 0 saturated heterocycles. The molecule has 3 nitrogen and oxygen atoms in total. The van der Waals surface area contributed by atoms with Crippen molar-refractivity contribution in [3.8, 4) is 0 Å². The van der Waals surface area contributed by atoms with Crippen LogP contribution in [-0.4, -0.2) is 20.1 Å². The largest absolute Gasteiger partial charge is 0.361 e. The molecule has 0 aliphatic rings. The SMILES string of the molecule is C=NNC(C)OC. The van der Waals surface area contributed by atoms with Gasteiger partial charge in [0.1, 0.15) is 6.23 Å². The minimum atomic E-state index is -0.0301. The summed E-state index contributed by atoms with van der Waals surface area (Å²) in [5, 5.41) is 3.38. The van der Waals surface area contributed by atoms with Crippen LogP contribution < -0.4 is 5.43 Å². The fourth-order valence-electron chi connectivity index (χ4n) is 0.181. The van der Waals surface area contributed by atoms with E-state index in [1.54, 1.807) is 7.11 Å². The minimum Gasteiger partial charge on any atom is -0.361 e. The molecule has 0 fully saturated rings. The van der Waals surface area contributed by atoms with Gasteiger partial charge in [0.05, 0.1) is 0 Å². The van der Waals surface area contributed by atoms with Crippen LogP contribution in [0.15, 0.2) is 5.10 Å². The third-order valence-electron chi connectivity index (χ3n) is 0.627. The second-order valence-electron chi connectivity index (χ2n) is 1.17. The second-order valence-corrected chi connectivity index (χ2v) is 1.17. The predicted molar refractivity (Wildman–Crippen MR) is 29.2 cm³/mol. The van der Waals surface area contributed by atoms with Crippen LogP contribution >= 0.6 is 0 Å². The molecule has 3 heteroatoms.